The molecular weight excluding hydrogens is 197 g/mol. The van der Waals surface area contributed by atoms with Crippen molar-refractivity contribution in [2.45, 2.75) is 19.3 Å². The molecule has 0 amide bonds. The van der Waals surface area contributed by atoms with Gasteiger partial charge in [-0.3, -0.25) is 4.79 Å². The molecule has 1 N–H and O–H groups in total. The van der Waals surface area contributed by atoms with E-state index < -0.39 is 5.82 Å². The van der Waals surface area contributed by atoms with Crippen LogP contribution in [0, 0.1) is 5.82 Å². The standard InChI is InChI=1S/C11H10FNO2/c12-8-5-4-7-2-1-3-10(14)11(13-15)9(7)6-8/h4-6,15H,1-3H2/b13-11+. The van der Waals surface area contributed by atoms with E-state index in [-0.39, 0.29) is 11.5 Å². The Labute approximate surface area is 86.2 Å². The molecule has 1 aromatic carbocycles. The normalized spacial score (nSPS) is 18.7. The van der Waals surface area contributed by atoms with Crippen LogP contribution in [0.3, 0.4) is 0 Å². The summed E-state index contributed by atoms with van der Waals surface area (Å²) in [5, 5.41) is 11.7. The zero-order valence-electron chi connectivity index (χ0n) is 8.03. The lowest BCUT2D eigenvalue weighted by atomic mass is 10.0. The van der Waals surface area contributed by atoms with E-state index >= 15 is 0 Å². The van der Waals surface area contributed by atoms with Gasteiger partial charge in [-0.05, 0) is 30.5 Å². The van der Waals surface area contributed by atoms with Crippen molar-refractivity contribution in [3.8, 4) is 0 Å². The minimum Gasteiger partial charge on any atom is -0.410 e. The van der Waals surface area contributed by atoms with Crippen LogP contribution in [-0.4, -0.2) is 16.7 Å². The fraction of sp³-hybridized carbons (Fsp3) is 0.273. The van der Waals surface area contributed by atoms with Crippen molar-refractivity contribution in [2.24, 2.45) is 5.16 Å². The van der Waals surface area contributed by atoms with E-state index in [0.717, 1.165) is 5.56 Å². The predicted octanol–water partition coefficient (Wildman–Crippen LogP) is 1.91. The summed E-state index contributed by atoms with van der Waals surface area (Å²) in [6, 6.07) is 4.23. The van der Waals surface area contributed by atoms with Crippen molar-refractivity contribution < 1.29 is 14.4 Å². The molecule has 78 valence electrons. The molecule has 0 bridgehead atoms. The van der Waals surface area contributed by atoms with E-state index in [4.69, 9.17) is 5.21 Å². The van der Waals surface area contributed by atoms with Crippen LogP contribution >= 0.6 is 0 Å². The molecule has 0 radical (unpaired) electrons. The van der Waals surface area contributed by atoms with Gasteiger partial charge < -0.3 is 5.21 Å². The second-order valence-corrected chi connectivity index (χ2v) is 3.53. The third-order valence-corrected chi connectivity index (χ3v) is 2.54. The van der Waals surface area contributed by atoms with Gasteiger partial charge in [0.15, 0.2) is 11.5 Å². The van der Waals surface area contributed by atoms with Gasteiger partial charge in [-0.1, -0.05) is 11.2 Å². The van der Waals surface area contributed by atoms with E-state index in [1.807, 2.05) is 0 Å². The SMILES string of the molecule is O=C1CCCc2ccc(F)cc2/C1=N\O. The molecule has 0 atom stereocenters. The predicted molar refractivity (Wildman–Crippen MR) is 52.7 cm³/mol. The highest BCUT2D eigenvalue weighted by Crippen LogP contribution is 2.20. The van der Waals surface area contributed by atoms with Gasteiger partial charge >= 0.3 is 0 Å². The van der Waals surface area contributed by atoms with Crippen molar-refractivity contribution in [1.29, 1.82) is 0 Å². The van der Waals surface area contributed by atoms with E-state index in [9.17, 15) is 9.18 Å². The maximum absolute atomic E-state index is 13.0. The lowest BCUT2D eigenvalue weighted by Gasteiger charge is -2.04. The molecule has 1 aliphatic rings. The van der Waals surface area contributed by atoms with Crippen molar-refractivity contribution in [2.75, 3.05) is 0 Å². The Morgan fingerprint density at radius 3 is 2.87 bits per heavy atom. The van der Waals surface area contributed by atoms with Gasteiger partial charge in [-0.15, -0.1) is 0 Å². The monoisotopic (exact) mass is 207 g/mol. The number of ketones is 1. The molecular formula is C11H10FNO2. The molecule has 0 unspecified atom stereocenters. The first-order valence-electron chi connectivity index (χ1n) is 4.76. The van der Waals surface area contributed by atoms with Crippen LogP contribution in [-0.2, 0) is 11.2 Å². The average molecular weight is 207 g/mol. The molecule has 0 saturated heterocycles. The Morgan fingerprint density at radius 1 is 1.33 bits per heavy atom. The number of hydrogen-bond acceptors (Lipinski definition) is 3. The van der Waals surface area contributed by atoms with Gasteiger partial charge in [0.1, 0.15) is 5.82 Å². The third-order valence-electron chi connectivity index (χ3n) is 2.54. The van der Waals surface area contributed by atoms with Crippen LogP contribution < -0.4 is 0 Å². The van der Waals surface area contributed by atoms with Crippen LogP contribution in [0.2, 0.25) is 0 Å². The highest BCUT2D eigenvalue weighted by molar-refractivity contribution is 6.46. The van der Waals surface area contributed by atoms with E-state index in [0.29, 0.717) is 24.8 Å². The van der Waals surface area contributed by atoms with Crippen LogP contribution in [0.25, 0.3) is 0 Å². The number of oxime groups is 1. The molecule has 0 heterocycles. The van der Waals surface area contributed by atoms with Crippen molar-refractivity contribution in [3.63, 3.8) is 0 Å². The number of fused-ring (bicyclic) bond motifs is 1. The van der Waals surface area contributed by atoms with E-state index in [2.05, 4.69) is 5.16 Å². The average Bonchev–Trinajstić information content (AvgIpc) is 2.36. The summed E-state index contributed by atoms with van der Waals surface area (Å²) < 4.78 is 13.0. The number of benzene rings is 1. The summed E-state index contributed by atoms with van der Waals surface area (Å²) in [5.41, 5.74) is 1.25. The van der Waals surface area contributed by atoms with Gasteiger partial charge in [-0.25, -0.2) is 4.39 Å². The zero-order chi connectivity index (χ0) is 10.8. The molecule has 15 heavy (non-hydrogen) atoms. The molecule has 0 saturated carbocycles. The van der Waals surface area contributed by atoms with Gasteiger partial charge in [0, 0.05) is 12.0 Å². The second kappa shape index (κ2) is 3.81. The van der Waals surface area contributed by atoms with E-state index in [1.165, 1.54) is 12.1 Å². The van der Waals surface area contributed by atoms with Crippen LogP contribution in [0.4, 0.5) is 4.39 Å². The number of aryl methyl sites for hydroxylation is 1. The van der Waals surface area contributed by atoms with Crippen molar-refractivity contribution in [3.05, 3.63) is 35.1 Å². The summed E-state index contributed by atoms with van der Waals surface area (Å²) >= 11 is 0. The number of nitrogens with zero attached hydrogens (tertiary/aromatic N) is 1. The molecule has 3 nitrogen and oxygen atoms in total. The maximum atomic E-state index is 13.0. The van der Waals surface area contributed by atoms with Gasteiger partial charge in [0.25, 0.3) is 0 Å². The number of halogens is 1. The Balaban J connectivity index is 2.59. The lowest BCUT2D eigenvalue weighted by molar-refractivity contribution is -0.113. The van der Waals surface area contributed by atoms with Crippen molar-refractivity contribution >= 4 is 11.5 Å². The summed E-state index contributed by atoms with van der Waals surface area (Å²) in [6.07, 6.45) is 1.76. The summed E-state index contributed by atoms with van der Waals surface area (Å²) in [6.45, 7) is 0. The number of rotatable bonds is 0. The first-order valence-corrected chi connectivity index (χ1v) is 4.76. The molecule has 1 aromatic rings. The first kappa shape index (κ1) is 9.83. The van der Waals surface area contributed by atoms with Crippen molar-refractivity contribution in [1.82, 2.24) is 0 Å². The molecule has 0 spiro atoms. The number of carbonyl (C=O) groups excluding carboxylic acids is 1. The smallest absolute Gasteiger partial charge is 0.185 e. The highest BCUT2D eigenvalue weighted by Gasteiger charge is 2.21. The summed E-state index contributed by atoms with van der Waals surface area (Å²) in [7, 11) is 0. The van der Waals surface area contributed by atoms with Crippen LogP contribution in [0.1, 0.15) is 24.0 Å². The molecule has 4 heteroatoms. The third kappa shape index (κ3) is 1.75. The minimum absolute atomic E-state index is 0.0259. The largest absolute Gasteiger partial charge is 0.410 e. The Kier molecular flexibility index (Phi) is 2.49. The topological polar surface area (TPSA) is 49.7 Å². The van der Waals surface area contributed by atoms with Gasteiger partial charge in [0.2, 0.25) is 0 Å². The number of hydrogen-bond donors (Lipinski definition) is 1. The Hall–Kier alpha value is -1.71. The molecule has 0 aromatic heterocycles. The lowest BCUT2D eigenvalue weighted by Crippen LogP contribution is -2.14. The Morgan fingerprint density at radius 2 is 2.13 bits per heavy atom. The highest BCUT2D eigenvalue weighted by atomic mass is 19.1. The zero-order valence-corrected chi connectivity index (χ0v) is 8.03. The summed E-state index contributed by atoms with van der Waals surface area (Å²) in [5.74, 6) is -0.661. The molecule has 0 fully saturated rings. The molecule has 1 aliphatic carbocycles. The maximum Gasteiger partial charge on any atom is 0.185 e. The minimum atomic E-state index is -0.426. The fourth-order valence-electron chi connectivity index (χ4n) is 1.80. The van der Waals surface area contributed by atoms with Gasteiger partial charge in [0.05, 0.1) is 0 Å². The van der Waals surface area contributed by atoms with Crippen LogP contribution in [0.5, 0.6) is 0 Å². The molecule has 2 rings (SSSR count). The molecule has 0 aliphatic heterocycles. The summed E-state index contributed by atoms with van der Waals surface area (Å²) in [4.78, 5) is 11.5. The Bertz CT molecular complexity index is 440. The number of Topliss-reactive ketones (excluding diaryl/α,β-unsaturated/α-hetero) is 1. The van der Waals surface area contributed by atoms with E-state index in [1.54, 1.807) is 6.07 Å². The number of carbonyl (C=O) groups is 1. The van der Waals surface area contributed by atoms with Crippen LogP contribution in [0.15, 0.2) is 23.4 Å². The quantitative estimate of drug-likeness (QED) is 0.401. The fourth-order valence-corrected chi connectivity index (χ4v) is 1.80. The first-order chi connectivity index (χ1) is 7.22. The van der Waals surface area contributed by atoms with Gasteiger partial charge in [-0.2, -0.15) is 0 Å². The second-order valence-electron chi connectivity index (χ2n) is 3.53.